The van der Waals surface area contributed by atoms with E-state index in [2.05, 4.69) is 10.3 Å². The van der Waals surface area contributed by atoms with Crippen molar-refractivity contribution < 1.29 is 4.79 Å². The van der Waals surface area contributed by atoms with E-state index < -0.39 is 0 Å². The Labute approximate surface area is 123 Å². The van der Waals surface area contributed by atoms with Crippen LogP contribution in [-0.2, 0) is 0 Å². The zero-order valence-corrected chi connectivity index (χ0v) is 12.1. The van der Waals surface area contributed by atoms with Crippen molar-refractivity contribution in [2.24, 2.45) is 0 Å². The van der Waals surface area contributed by atoms with Crippen molar-refractivity contribution in [3.63, 3.8) is 0 Å². The van der Waals surface area contributed by atoms with Gasteiger partial charge in [0.15, 0.2) is 5.78 Å². The number of hydrogen-bond donors (Lipinski definition) is 1. The first-order valence-electron chi connectivity index (χ1n) is 6.87. The Morgan fingerprint density at radius 2 is 1.86 bits per heavy atom. The first-order chi connectivity index (χ1) is 10.1. The summed E-state index contributed by atoms with van der Waals surface area (Å²) in [6, 6.07) is 15.9. The second-order valence-electron chi connectivity index (χ2n) is 5.11. The molecule has 3 rings (SSSR count). The van der Waals surface area contributed by atoms with E-state index in [1.54, 1.807) is 13.1 Å². The fourth-order valence-corrected chi connectivity index (χ4v) is 2.37. The minimum Gasteiger partial charge on any atom is -0.354 e. The number of benzene rings is 2. The second kappa shape index (κ2) is 5.37. The number of pyridine rings is 1. The predicted octanol–water partition coefficient (Wildman–Crippen LogP) is 4.49. The van der Waals surface area contributed by atoms with Crippen molar-refractivity contribution in [2.75, 3.05) is 5.32 Å². The Kier molecular flexibility index (Phi) is 3.40. The lowest BCUT2D eigenvalue weighted by atomic mass is 10.0. The van der Waals surface area contributed by atoms with Crippen molar-refractivity contribution in [2.45, 2.75) is 13.8 Å². The van der Waals surface area contributed by atoms with Crippen LogP contribution < -0.4 is 5.32 Å². The fraction of sp³-hybridized carbons (Fsp3) is 0.111. The van der Waals surface area contributed by atoms with Crippen molar-refractivity contribution >= 4 is 28.1 Å². The third-order valence-electron chi connectivity index (χ3n) is 3.45. The molecule has 0 atom stereocenters. The van der Waals surface area contributed by atoms with E-state index in [-0.39, 0.29) is 5.78 Å². The summed E-state index contributed by atoms with van der Waals surface area (Å²) in [5.41, 5.74) is 4.41. The quantitative estimate of drug-likeness (QED) is 0.717. The summed E-state index contributed by atoms with van der Waals surface area (Å²) in [5, 5.41) is 4.31. The zero-order chi connectivity index (χ0) is 14.8. The molecule has 0 saturated carbocycles. The van der Waals surface area contributed by atoms with Crippen molar-refractivity contribution in [3.05, 3.63) is 65.9 Å². The molecular weight excluding hydrogens is 260 g/mol. The highest BCUT2D eigenvalue weighted by molar-refractivity contribution is 6.08. The number of fused-ring (bicyclic) bond motifs is 1. The lowest BCUT2D eigenvalue weighted by Crippen LogP contribution is -2.02. The van der Waals surface area contributed by atoms with Crippen LogP contribution in [0.2, 0.25) is 0 Å². The van der Waals surface area contributed by atoms with Crippen molar-refractivity contribution in [3.8, 4) is 0 Å². The molecule has 21 heavy (non-hydrogen) atoms. The molecule has 0 aliphatic carbocycles. The second-order valence-corrected chi connectivity index (χ2v) is 5.11. The maximum Gasteiger partial charge on any atom is 0.163 e. The zero-order valence-electron chi connectivity index (χ0n) is 12.1. The van der Waals surface area contributed by atoms with Gasteiger partial charge in [0.1, 0.15) is 0 Å². The highest BCUT2D eigenvalue weighted by Gasteiger charge is 2.12. The topological polar surface area (TPSA) is 42.0 Å². The number of hydrogen-bond acceptors (Lipinski definition) is 3. The molecule has 1 N–H and O–H groups in total. The average Bonchev–Trinajstić information content (AvgIpc) is 2.48. The molecule has 3 heteroatoms. The molecule has 3 aromatic rings. The monoisotopic (exact) mass is 276 g/mol. The van der Waals surface area contributed by atoms with Crippen LogP contribution in [0.25, 0.3) is 10.9 Å². The largest absolute Gasteiger partial charge is 0.354 e. The Hall–Kier alpha value is -2.68. The van der Waals surface area contributed by atoms with E-state index in [1.165, 1.54) is 0 Å². The Bertz CT molecular complexity index is 810. The smallest absolute Gasteiger partial charge is 0.163 e. The number of nitrogens with zero attached hydrogens (tertiary/aromatic N) is 1. The molecule has 0 aliphatic rings. The van der Waals surface area contributed by atoms with Gasteiger partial charge in [0.25, 0.3) is 0 Å². The van der Waals surface area contributed by atoms with Crippen LogP contribution in [0.1, 0.15) is 22.8 Å². The lowest BCUT2D eigenvalue weighted by molar-refractivity contribution is 0.101. The molecule has 104 valence electrons. The van der Waals surface area contributed by atoms with Gasteiger partial charge in [0, 0.05) is 17.3 Å². The Morgan fingerprint density at radius 1 is 1.10 bits per heavy atom. The van der Waals surface area contributed by atoms with Crippen molar-refractivity contribution in [1.82, 2.24) is 4.98 Å². The van der Waals surface area contributed by atoms with Crippen LogP contribution in [0, 0.1) is 6.92 Å². The van der Waals surface area contributed by atoms with Crippen LogP contribution in [-0.4, -0.2) is 10.8 Å². The number of carbonyl (C=O) groups is 1. The molecule has 0 spiro atoms. The van der Waals surface area contributed by atoms with E-state index in [0.717, 1.165) is 27.8 Å². The highest BCUT2D eigenvalue weighted by atomic mass is 16.1. The van der Waals surface area contributed by atoms with E-state index in [0.29, 0.717) is 5.56 Å². The standard InChI is InChI=1S/C18H16N2O/c1-12-8-9-15-17(10-12)19-11-16(13(2)21)18(15)20-14-6-4-3-5-7-14/h3-11H,1-2H3,(H,19,20). The molecule has 2 aromatic carbocycles. The van der Waals surface area contributed by atoms with Gasteiger partial charge in [-0.2, -0.15) is 0 Å². The van der Waals surface area contributed by atoms with E-state index in [9.17, 15) is 4.79 Å². The number of Topliss-reactive ketones (excluding diaryl/α,β-unsaturated/α-hetero) is 1. The van der Waals surface area contributed by atoms with Crippen LogP contribution in [0.4, 0.5) is 11.4 Å². The molecule has 0 radical (unpaired) electrons. The molecular formula is C18H16N2O. The van der Waals surface area contributed by atoms with Gasteiger partial charge >= 0.3 is 0 Å². The van der Waals surface area contributed by atoms with Crippen LogP contribution >= 0.6 is 0 Å². The average molecular weight is 276 g/mol. The fourth-order valence-electron chi connectivity index (χ4n) is 2.37. The van der Waals surface area contributed by atoms with Gasteiger partial charge in [-0.15, -0.1) is 0 Å². The summed E-state index contributed by atoms with van der Waals surface area (Å²) in [4.78, 5) is 16.3. The maximum absolute atomic E-state index is 11.9. The summed E-state index contributed by atoms with van der Waals surface area (Å²) in [6.07, 6.45) is 1.65. The number of aromatic nitrogens is 1. The Balaban J connectivity index is 2.21. The predicted molar refractivity (Wildman–Crippen MR) is 86.2 cm³/mol. The number of rotatable bonds is 3. The first-order valence-corrected chi connectivity index (χ1v) is 6.87. The minimum absolute atomic E-state index is 0.00315. The molecule has 0 unspecified atom stereocenters. The lowest BCUT2D eigenvalue weighted by Gasteiger charge is -2.13. The van der Waals surface area contributed by atoms with Crippen LogP contribution in [0.15, 0.2) is 54.7 Å². The van der Waals surface area contributed by atoms with Gasteiger partial charge in [0.05, 0.1) is 16.8 Å². The number of para-hydroxylation sites is 1. The number of carbonyl (C=O) groups excluding carboxylic acids is 1. The van der Waals surface area contributed by atoms with E-state index in [1.807, 2.05) is 55.5 Å². The number of nitrogens with one attached hydrogen (secondary N) is 1. The van der Waals surface area contributed by atoms with E-state index in [4.69, 9.17) is 0 Å². The first kappa shape index (κ1) is 13.3. The third kappa shape index (κ3) is 2.63. The van der Waals surface area contributed by atoms with Gasteiger partial charge in [-0.05, 0) is 37.6 Å². The minimum atomic E-state index is 0.00315. The van der Waals surface area contributed by atoms with Crippen LogP contribution in [0.5, 0.6) is 0 Å². The molecule has 0 saturated heterocycles. The summed E-state index contributed by atoms with van der Waals surface area (Å²) in [6.45, 7) is 3.59. The summed E-state index contributed by atoms with van der Waals surface area (Å²) in [7, 11) is 0. The molecule has 0 amide bonds. The third-order valence-corrected chi connectivity index (χ3v) is 3.45. The number of anilines is 2. The number of ketones is 1. The molecule has 1 heterocycles. The molecule has 0 aliphatic heterocycles. The Morgan fingerprint density at radius 3 is 2.57 bits per heavy atom. The van der Waals surface area contributed by atoms with Gasteiger partial charge in [-0.1, -0.05) is 30.3 Å². The summed E-state index contributed by atoms with van der Waals surface area (Å²) >= 11 is 0. The van der Waals surface area contributed by atoms with E-state index >= 15 is 0 Å². The van der Waals surface area contributed by atoms with Crippen LogP contribution in [0.3, 0.4) is 0 Å². The molecule has 1 aromatic heterocycles. The normalized spacial score (nSPS) is 10.6. The molecule has 0 bridgehead atoms. The summed E-state index contributed by atoms with van der Waals surface area (Å²) in [5.74, 6) is 0.00315. The van der Waals surface area contributed by atoms with Gasteiger partial charge in [0.2, 0.25) is 0 Å². The maximum atomic E-state index is 11.9. The SMILES string of the molecule is CC(=O)c1cnc2cc(C)ccc2c1Nc1ccccc1. The molecule has 3 nitrogen and oxygen atoms in total. The highest BCUT2D eigenvalue weighted by Crippen LogP contribution is 2.29. The number of aryl methyl sites for hydroxylation is 1. The van der Waals surface area contributed by atoms with Crippen molar-refractivity contribution in [1.29, 1.82) is 0 Å². The van der Waals surface area contributed by atoms with Gasteiger partial charge in [-0.25, -0.2) is 0 Å². The summed E-state index contributed by atoms with van der Waals surface area (Å²) < 4.78 is 0. The molecule has 0 fully saturated rings. The van der Waals surface area contributed by atoms with Gasteiger partial charge < -0.3 is 5.32 Å². The van der Waals surface area contributed by atoms with Gasteiger partial charge in [-0.3, -0.25) is 9.78 Å².